The van der Waals surface area contributed by atoms with Crippen LogP contribution in [-0.2, 0) is 6.42 Å². The van der Waals surface area contributed by atoms with Crippen molar-refractivity contribution in [3.63, 3.8) is 0 Å². The van der Waals surface area contributed by atoms with Crippen molar-refractivity contribution in [1.29, 1.82) is 0 Å². The van der Waals surface area contributed by atoms with E-state index in [1.807, 2.05) is 5.51 Å². The van der Waals surface area contributed by atoms with E-state index >= 15 is 0 Å². The number of nitrogens with zero attached hydrogens (tertiary/aromatic N) is 3. The number of hydrogen-bond donors (Lipinski definition) is 1. The zero-order valence-corrected chi connectivity index (χ0v) is 11.8. The Labute approximate surface area is 114 Å². The van der Waals surface area contributed by atoms with Gasteiger partial charge in [-0.3, -0.25) is 15.1 Å². The van der Waals surface area contributed by atoms with Crippen molar-refractivity contribution in [3.8, 4) is 0 Å². The van der Waals surface area contributed by atoms with E-state index in [4.69, 9.17) is 0 Å². The number of aromatic nitrogens is 1. The molecule has 100 valence electrons. The van der Waals surface area contributed by atoms with Crippen LogP contribution >= 0.6 is 23.1 Å². The second-order valence-electron chi connectivity index (χ2n) is 3.43. The topological polar surface area (TPSA) is 80.4 Å². The predicted molar refractivity (Wildman–Crippen MR) is 76.4 cm³/mol. The summed E-state index contributed by atoms with van der Waals surface area (Å²) >= 11 is 3.41. The van der Waals surface area contributed by atoms with E-state index in [2.05, 4.69) is 20.7 Å². The number of nitro groups is 1. The van der Waals surface area contributed by atoms with Gasteiger partial charge in [0.2, 0.25) is 0 Å². The summed E-state index contributed by atoms with van der Waals surface area (Å²) in [6, 6.07) is 0. The van der Waals surface area contributed by atoms with Crippen LogP contribution in [0.2, 0.25) is 0 Å². The first kappa shape index (κ1) is 14.9. The summed E-state index contributed by atoms with van der Waals surface area (Å²) in [5.41, 5.74) is 2.97. The van der Waals surface area contributed by atoms with Crippen LogP contribution in [0.5, 0.6) is 0 Å². The van der Waals surface area contributed by atoms with E-state index in [0.29, 0.717) is 12.4 Å². The highest BCUT2D eigenvalue weighted by Crippen LogP contribution is 2.06. The Hall–Kier alpha value is -1.15. The largest absolute Gasteiger partial charge is 0.368 e. The molecule has 0 amide bonds. The molecule has 1 rings (SSSR count). The first-order valence-electron chi connectivity index (χ1n) is 5.48. The molecule has 0 unspecified atom stereocenters. The van der Waals surface area contributed by atoms with Gasteiger partial charge in [0.05, 0.1) is 11.2 Å². The number of thioether (sulfide) groups is 1. The summed E-state index contributed by atoms with van der Waals surface area (Å²) in [4.78, 5) is 18.0. The molecule has 1 N–H and O–H groups in total. The van der Waals surface area contributed by atoms with Gasteiger partial charge in [0, 0.05) is 29.6 Å². The Balaban J connectivity index is 2.02. The van der Waals surface area contributed by atoms with Crippen LogP contribution < -0.4 is 5.32 Å². The highest BCUT2D eigenvalue weighted by molar-refractivity contribution is 7.99. The Kier molecular flexibility index (Phi) is 7.35. The third-order valence-corrected chi connectivity index (χ3v) is 3.73. The average molecular weight is 288 g/mol. The molecule has 1 aromatic rings. The fraction of sp³-hybridized carbons (Fsp3) is 0.600. The van der Waals surface area contributed by atoms with E-state index < -0.39 is 0 Å². The summed E-state index contributed by atoms with van der Waals surface area (Å²) < 4.78 is 0. The third-order valence-electron chi connectivity index (χ3n) is 2.11. The van der Waals surface area contributed by atoms with Crippen LogP contribution in [0.15, 0.2) is 15.9 Å². The summed E-state index contributed by atoms with van der Waals surface area (Å²) in [5, 5.41) is 15.3. The zero-order valence-electron chi connectivity index (χ0n) is 10.2. The number of rotatable bonds is 8. The van der Waals surface area contributed by atoms with Crippen molar-refractivity contribution in [3.05, 3.63) is 26.7 Å². The molecular formula is C10H16N4O2S2. The monoisotopic (exact) mass is 288 g/mol. The van der Waals surface area contributed by atoms with Crippen molar-refractivity contribution in [1.82, 2.24) is 10.3 Å². The molecule has 0 aliphatic carbocycles. The van der Waals surface area contributed by atoms with Crippen molar-refractivity contribution < 1.29 is 4.92 Å². The quantitative estimate of drug-likeness (QED) is 0.256. The van der Waals surface area contributed by atoms with E-state index in [1.54, 1.807) is 30.1 Å². The van der Waals surface area contributed by atoms with Crippen LogP contribution in [-0.4, -0.2) is 47.4 Å². The lowest BCUT2D eigenvalue weighted by atomic mass is 10.4. The minimum atomic E-state index is -0.384. The number of aryl methyl sites for hydroxylation is 1. The lowest BCUT2D eigenvalue weighted by Crippen LogP contribution is -2.31. The van der Waals surface area contributed by atoms with Crippen molar-refractivity contribution in [2.75, 3.05) is 31.6 Å². The molecule has 0 fully saturated rings. The predicted octanol–water partition coefficient (Wildman–Crippen LogP) is 1.31. The van der Waals surface area contributed by atoms with Gasteiger partial charge in [-0.2, -0.15) is 11.8 Å². The maximum atomic E-state index is 10.3. The van der Waals surface area contributed by atoms with E-state index in [0.717, 1.165) is 23.6 Å². The molecule has 0 spiro atoms. The number of thiazole rings is 1. The fourth-order valence-electron chi connectivity index (χ4n) is 1.24. The summed E-state index contributed by atoms with van der Waals surface area (Å²) in [6.07, 6.45) is 0.970. The molecule has 6 nitrogen and oxygen atoms in total. The summed E-state index contributed by atoms with van der Waals surface area (Å²) in [7, 11) is 1.56. The highest BCUT2D eigenvalue weighted by Gasteiger charge is 2.04. The van der Waals surface area contributed by atoms with Gasteiger partial charge in [-0.15, -0.1) is 11.3 Å². The van der Waals surface area contributed by atoms with Gasteiger partial charge in [0.25, 0.3) is 6.54 Å². The van der Waals surface area contributed by atoms with Crippen molar-refractivity contribution in [2.24, 2.45) is 4.99 Å². The van der Waals surface area contributed by atoms with Crippen LogP contribution in [0.1, 0.15) is 5.69 Å². The molecule has 1 aromatic heterocycles. The smallest absolute Gasteiger partial charge is 0.259 e. The Morgan fingerprint density at radius 3 is 3.11 bits per heavy atom. The number of nitrogens with one attached hydrogen (secondary N) is 1. The van der Waals surface area contributed by atoms with Gasteiger partial charge in [-0.05, 0) is 12.2 Å². The molecule has 1 heterocycles. The number of hydrogen-bond acceptors (Lipinski definition) is 6. The van der Waals surface area contributed by atoms with Crippen LogP contribution in [0.3, 0.4) is 0 Å². The SMILES string of the molecule is CN=C(C[N+](=O)[O-])NCCSCCc1cscn1. The molecule has 8 heteroatoms. The van der Waals surface area contributed by atoms with Gasteiger partial charge in [-0.1, -0.05) is 0 Å². The van der Waals surface area contributed by atoms with E-state index in [1.165, 1.54) is 0 Å². The summed E-state index contributed by atoms with van der Waals surface area (Å²) in [6.45, 7) is 0.461. The molecule has 0 aliphatic heterocycles. The molecule has 0 saturated heterocycles. The minimum Gasteiger partial charge on any atom is -0.368 e. The van der Waals surface area contributed by atoms with Gasteiger partial charge in [-0.25, -0.2) is 4.98 Å². The maximum Gasteiger partial charge on any atom is 0.259 e. The molecule has 0 radical (unpaired) electrons. The molecule has 0 aliphatic rings. The second-order valence-corrected chi connectivity index (χ2v) is 5.37. The highest BCUT2D eigenvalue weighted by atomic mass is 32.2. The van der Waals surface area contributed by atoms with E-state index in [-0.39, 0.29) is 11.5 Å². The number of amidine groups is 1. The summed E-state index contributed by atoms with van der Waals surface area (Å²) in [5.74, 6) is 2.35. The normalized spacial score (nSPS) is 11.5. The minimum absolute atomic E-state index is 0.236. The molecule has 0 bridgehead atoms. The standard InChI is InChI=1S/C10H16N4O2S2/c1-11-10(6-14(15)16)12-3-5-17-4-2-9-7-18-8-13-9/h7-8H,2-6H2,1H3,(H,11,12). The van der Waals surface area contributed by atoms with Gasteiger partial charge in [0.15, 0.2) is 5.84 Å². The molecule has 0 saturated carbocycles. The molecule has 0 atom stereocenters. The van der Waals surface area contributed by atoms with Gasteiger partial charge < -0.3 is 5.32 Å². The fourth-order valence-corrected chi connectivity index (χ4v) is 2.63. The molecule has 18 heavy (non-hydrogen) atoms. The Bertz CT molecular complexity index is 381. The lowest BCUT2D eigenvalue weighted by molar-refractivity contribution is -0.463. The average Bonchev–Trinajstić information content (AvgIpc) is 2.84. The van der Waals surface area contributed by atoms with Crippen LogP contribution in [0.25, 0.3) is 0 Å². The third kappa shape index (κ3) is 6.55. The first-order chi connectivity index (χ1) is 8.72. The molecule has 0 aromatic carbocycles. The van der Waals surface area contributed by atoms with Crippen LogP contribution in [0.4, 0.5) is 0 Å². The van der Waals surface area contributed by atoms with Gasteiger partial charge in [0.1, 0.15) is 0 Å². The van der Waals surface area contributed by atoms with Crippen LogP contribution in [0, 0.1) is 10.1 Å². The zero-order chi connectivity index (χ0) is 13.2. The second kappa shape index (κ2) is 8.87. The Morgan fingerprint density at radius 2 is 2.50 bits per heavy atom. The van der Waals surface area contributed by atoms with E-state index in [9.17, 15) is 10.1 Å². The maximum absolute atomic E-state index is 10.3. The van der Waals surface area contributed by atoms with Gasteiger partial charge >= 0.3 is 0 Å². The first-order valence-corrected chi connectivity index (χ1v) is 7.58. The lowest BCUT2D eigenvalue weighted by Gasteiger charge is -2.05. The molecular weight excluding hydrogens is 272 g/mol. The Morgan fingerprint density at radius 1 is 1.67 bits per heavy atom. The number of aliphatic imine (C=N–C) groups is 1. The van der Waals surface area contributed by atoms with Crippen molar-refractivity contribution in [2.45, 2.75) is 6.42 Å². The van der Waals surface area contributed by atoms with Crippen molar-refractivity contribution >= 4 is 28.9 Å².